The summed E-state index contributed by atoms with van der Waals surface area (Å²) in [6.45, 7) is 5.55. The Morgan fingerprint density at radius 2 is 1.61 bits per heavy atom. The van der Waals surface area contributed by atoms with E-state index in [4.69, 9.17) is 4.74 Å². The van der Waals surface area contributed by atoms with E-state index in [0.717, 1.165) is 29.2 Å². The van der Waals surface area contributed by atoms with Gasteiger partial charge in [0, 0.05) is 33.0 Å². The highest BCUT2D eigenvalue weighted by atomic mass is 19.1. The second-order valence-electron chi connectivity index (χ2n) is 13.3. The molecule has 4 amide bonds. The van der Waals surface area contributed by atoms with Crippen molar-refractivity contribution in [1.82, 2.24) is 20.4 Å². The third-order valence-electron chi connectivity index (χ3n) is 8.57. The van der Waals surface area contributed by atoms with Gasteiger partial charge in [-0.3, -0.25) is 14.4 Å². The molecule has 10 heteroatoms. The lowest BCUT2D eigenvalue weighted by atomic mass is 9.96. The van der Waals surface area contributed by atoms with Gasteiger partial charge >= 0.3 is 6.09 Å². The maximum Gasteiger partial charge on any atom is 0.408 e. The predicted molar refractivity (Wildman–Crippen MR) is 173 cm³/mol. The number of nitrogens with one attached hydrogen (secondary N) is 2. The summed E-state index contributed by atoms with van der Waals surface area (Å²) in [7, 11) is 1.56. The van der Waals surface area contributed by atoms with Crippen molar-refractivity contribution in [3.05, 3.63) is 83.7 Å². The largest absolute Gasteiger partial charge is 0.444 e. The van der Waals surface area contributed by atoms with Crippen LogP contribution >= 0.6 is 0 Å². The fraction of sp³-hybridized carbons (Fsp3) is 0.444. The van der Waals surface area contributed by atoms with Crippen LogP contribution in [-0.4, -0.2) is 77.5 Å². The Labute approximate surface area is 269 Å². The van der Waals surface area contributed by atoms with Gasteiger partial charge in [0.25, 0.3) is 0 Å². The molecule has 0 unspecified atom stereocenters. The topological polar surface area (TPSA) is 108 Å². The van der Waals surface area contributed by atoms with Gasteiger partial charge in [0.2, 0.25) is 17.7 Å². The van der Waals surface area contributed by atoms with Crippen molar-refractivity contribution in [2.45, 2.75) is 76.6 Å². The predicted octanol–water partition coefficient (Wildman–Crippen LogP) is 4.61. The van der Waals surface area contributed by atoms with Crippen LogP contribution < -0.4 is 10.6 Å². The molecule has 1 saturated heterocycles. The maximum atomic E-state index is 14.3. The Balaban J connectivity index is 1.40. The molecular weight excluding hydrogens is 587 g/mol. The zero-order valence-corrected chi connectivity index (χ0v) is 26.9. The van der Waals surface area contributed by atoms with Gasteiger partial charge in [0.15, 0.2) is 0 Å². The third-order valence-corrected chi connectivity index (χ3v) is 8.57. The summed E-state index contributed by atoms with van der Waals surface area (Å²) >= 11 is 0. The van der Waals surface area contributed by atoms with E-state index in [1.54, 1.807) is 49.8 Å². The van der Waals surface area contributed by atoms with E-state index in [1.165, 1.54) is 12.1 Å². The van der Waals surface area contributed by atoms with E-state index in [2.05, 4.69) is 10.6 Å². The van der Waals surface area contributed by atoms with E-state index in [1.807, 2.05) is 42.5 Å². The molecule has 9 nitrogen and oxygen atoms in total. The lowest BCUT2D eigenvalue weighted by Gasteiger charge is -2.44. The standard InChI is InChI=1S/C36H43FN4O5/c1-36(2,3)46-35(45)39-29(20-23-12-15-28(37)16-13-23)33(43)41-18-17-40(34(44)31(41)21-24-9-10-24)30(32(42)38-4)22-25-11-14-26-7-5-6-8-27(26)19-25/h5-8,11-16,19,24,29-31H,9-10,17-18,20-22H2,1-4H3,(H,38,42)(H,39,45)/t29-,30+,31+/m1/s1. The molecule has 3 atom stereocenters. The molecule has 5 rings (SSSR count). The second-order valence-corrected chi connectivity index (χ2v) is 13.3. The Morgan fingerprint density at radius 1 is 0.935 bits per heavy atom. The van der Waals surface area contributed by atoms with Gasteiger partial charge in [-0.15, -0.1) is 0 Å². The summed E-state index contributed by atoms with van der Waals surface area (Å²) in [5, 5.41) is 7.58. The normalized spacial score (nSPS) is 18.2. The molecule has 0 radical (unpaired) electrons. The van der Waals surface area contributed by atoms with Crippen LogP contribution in [0.4, 0.5) is 9.18 Å². The molecule has 244 valence electrons. The Hall–Kier alpha value is -4.47. The van der Waals surface area contributed by atoms with Crippen molar-refractivity contribution >= 4 is 34.6 Å². The van der Waals surface area contributed by atoms with Crippen LogP contribution in [0.3, 0.4) is 0 Å². The van der Waals surface area contributed by atoms with Gasteiger partial charge in [-0.05, 0) is 67.1 Å². The first-order valence-corrected chi connectivity index (χ1v) is 16.0. The van der Waals surface area contributed by atoms with E-state index >= 15 is 0 Å². The molecule has 2 N–H and O–H groups in total. The van der Waals surface area contributed by atoms with Gasteiger partial charge in [0.1, 0.15) is 29.5 Å². The number of hydrogen-bond acceptors (Lipinski definition) is 5. The Bertz CT molecular complexity index is 1580. The average molecular weight is 631 g/mol. The van der Waals surface area contributed by atoms with Crippen molar-refractivity contribution in [2.75, 3.05) is 20.1 Å². The molecule has 3 aromatic rings. The first-order valence-electron chi connectivity index (χ1n) is 16.0. The van der Waals surface area contributed by atoms with Crippen LogP contribution in [0.15, 0.2) is 66.7 Å². The smallest absolute Gasteiger partial charge is 0.408 e. The number of alkyl carbamates (subject to hydrolysis) is 1. The molecule has 0 spiro atoms. The molecule has 1 heterocycles. The van der Waals surface area contributed by atoms with Crippen LogP contribution in [0.5, 0.6) is 0 Å². The summed E-state index contributed by atoms with van der Waals surface area (Å²) in [5.74, 6) is -1.07. The number of halogens is 1. The van der Waals surface area contributed by atoms with E-state index in [0.29, 0.717) is 24.3 Å². The minimum absolute atomic E-state index is 0.0890. The lowest BCUT2D eigenvalue weighted by Crippen LogP contribution is -2.65. The fourth-order valence-corrected chi connectivity index (χ4v) is 6.08. The summed E-state index contributed by atoms with van der Waals surface area (Å²) in [6, 6.07) is 17.2. The molecule has 1 aliphatic heterocycles. The van der Waals surface area contributed by atoms with Crippen LogP contribution in [0.25, 0.3) is 10.8 Å². The van der Waals surface area contributed by atoms with Gasteiger partial charge in [0.05, 0.1) is 0 Å². The number of likely N-dealkylation sites (N-methyl/N-ethyl adjacent to an activating group) is 1. The summed E-state index contributed by atoms with van der Waals surface area (Å²) < 4.78 is 19.1. The van der Waals surface area contributed by atoms with Crippen molar-refractivity contribution in [3.8, 4) is 0 Å². The number of fused-ring (bicyclic) bond motifs is 1. The SMILES string of the molecule is CNC(=O)[C@H](Cc1ccc2ccccc2c1)N1CCN(C(=O)[C@@H](Cc2ccc(F)cc2)NC(=O)OC(C)(C)C)[C@@H](CC2CC2)C1=O. The molecule has 1 saturated carbocycles. The van der Waals surface area contributed by atoms with Gasteiger partial charge < -0.3 is 25.2 Å². The average Bonchev–Trinajstić information content (AvgIpc) is 3.84. The van der Waals surface area contributed by atoms with Gasteiger partial charge in [-0.2, -0.15) is 0 Å². The number of benzene rings is 3. The second kappa shape index (κ2) is 13.9. The van der Waals surface area contributed by atoms with Crippen molar-refractivity contribution in [1.29, 1.82) is 0 Å². The highest BCUT2D eigenvalue weighted by Gasteiger charge is 2.45. The van der Waals surface area contributed by atoms with E-state index < -0.39 is 41.5 Å². The first-order chi connectivity index (χ1) is 21.9. The summed E-state index contributed by atoms with van der Waals surface area (Å²) in [5.41, 5.74) is 0.789. The van der Waals surface area contributed by atoms with Crippen LogP contribution in [0.2, 0.25) is 0 Å². The molecule has 1 aliphatic carbocycles. The van der Waals surface area contributed by atoms with Crippen LogP contribution in [0.1, 0.15) is 51.2 Å². The maximum absolute atomic E-state index is 14.3. The third kappa shape index (κ3) is 8.21. The number of piperazine rings is 1. The number of carbonyl (C=O) groups is 4. The monoisotopic (exact) mass is 630 g/mol. The van der Waals surface area contributed by atoms with Crippen molar-refractivity contribution in [2.24, 2.45) is 5.92 Å². The highest BCUT2D eigenvalue weighted by molar-refractivity contribution is 5.95. The minimum Gasteiger partial charge on any atom is -0.444 e. The molecule has 46 heavy (non-hydrogen) atoms. The number of ether oxygens (including phenoxy) is 1. The molecule has 0 bridgehead atoms. The molecule has 2 fully saturated rings. The van der Waals surface area contributed by atoms with Crippen molar-refractivity contribution < 1.29 is 28.3 Å². The number of nitrogens with zero attached hydrogens (tertiary/aromatic N) is 2. The Morgan fingerprint density at radius 3 is 2.26 bits per heavy atom. The van der Waals surface area contributed by atoms with Crippen LogP contribution in [-0.2, 0) is 32.0 Å². The van der Waals surface area contributed by atoms with E-state index in [-0.39, 0.29) is 31.3 Å². The number of carbonyl (C=O) groups excluding carboxylic acids is 4. The molecule has 3 aromatic carbocycles. The Kier molecular flexibility index (Phi) is 9.94. The molecular formula is C36H43FN4O5. The zero-order valence-electron chi connectivity index (χ0n) is 26.9. The number of amides is 4. The number of rotatable bonds is 10. The van der Waals surface area contributed by atoms with Gasteiger partial charge in [-0.25, -0.2) is 9.18 Å². The molecule has 2 aliphatic rings. The molecule has 0 aromatic heterocycles. The van der Waals surface area contributed by atoms with Gasteiger partial charge in [-0.1, -0.05) is 67.4 Å². The zero-order chi connectivity index (χ0) is 33.0. The number of hydrogen-bond donors (Lipinski definition) is 2. The van der Waals surface area contributed by atoms with Crippen LogP contribution in [0, 0.1) is 11.7 Å². The minimum atomic E-state index is -1.05. The quantitative estimate of drug-likeness (QED) is 0.340. The van der Waals surface area contributed by atoms with E-state index in [9.17, 15) is 23.6 Å². The first kappa shape index (κ1) is 32.9. The summed E-state index contributed by atoms with van der Waals surface area (Å²) in [6.07, 6.45) is 2.08. The highest BCUT2D eigenvalue weighted by Crippen LogP contribution is 2.36. The summed E-state index contributed by atoms with van der Waals surface area (Å²) in [4.78, 5) is 57.8. The fourth-order valence-electron chi connectivity index (χ4n) is 6.08. The van der Waals surface area contributed by atoms with Crippen molar-refractivity contribution in [3.63, 3.8) is 0 Å². The lowest BCUT2D eigenvalue weighted by molar-refractivity contribution is -0.157.